The number of hydrogen-bond donors (Lipinski definition) is 1. The molecule has 0 aromatic heterocycles. The van der Waals surface area contributed by atoms with Crippen LogP contribution in [0, 0.1) is 0 Å². The van der Waals surface area contributed by atoms with E-state index < -0.39 is 5.60 Å². The topological polar surface area (TPSA) is 41.6 Å². The highest BCUT2D eigenvalue weighted by atomic mass is 16.5. The SMILES string of the molecule is CCCCN(CC1CCCN1)C(=O)C1(C)CCCO1. The van der Waals surface area contributed by atoms with Crippen LogP contribution in [0.15, 0.2) is 0 Å². The molecule has 110 valence electrons. The maximum absolute atomic E-state index is 12.7. The number of nitrogens with one attached hydrogen (secondary N) is 1. The van der Waals surface area contributed by atoms with Gasteiger partial charge in [-0.25, -0.2) is 0 Å². The molecule has 2 fully saturated rings. The molecular weight excluding hydrogens is 240 g/mol. The number of ether oxygens (including phenoxy) is 1. The van der Waals surface area contributed by atoms with Crippen LogP contribution in [0.2, 0.25) is 0 Å². The Kier molecular flexibility index (Phi) is 5.22. The molecule has 0 saturated carbocycles. The van der Waals surface area contributed by atoms with Crippen molar-refractivity contribution in [3.05, 3.63) is 0 Å². The second kappa shape index (κ2) is 6.71. The predicted molar refractivity (Wildman–Crippen MR) is 76.1 cm³/mol. The van der Waals surface area contributed by atoms with Crippen molar-refractivity contribution in [2.45, 2.75) is 64.0 Å². The van der Waals surface area contributed by atoms with Crippen LogP contribution < -0.4 is 5.32 Å². The third kappa shape index (κ3) is 3.69. The summed E-state index contributed by atoms with van der Waals surface area (Å²) in [6.45, 7) is 7.66. The van der Waals surface area contributed by atoms with Gasteiger partial charge in [0.25, 0.3) is 5.91 Å². The lowest BCUT2D eigenvalue weighted by Gasteiger charge is -2.33. The fourth-order valence-electron chi connectivity index (χ4n) is 3.09. The molecule has 2 heterocycles. The van der Waals surface area contributed by atoms with Crippen molar-refractivity contribution in [1.82, 2.24) is 10.2 Å². The van der Waals surface area contributed by atoms with E-state index in [1.165, 1.54) is 12.8 Å². The molecule has 2 aliphatic rings. The molecule has 2 unspecified atom stereocenters. The number of nitrogens with zero attached hydrogens (tertiary/aromatic N) is 1. The number of carbonyl (C=O) groups is 1. The Hall–Kier alpha value is -0.610. The summed E-state index contributed by atoms with van der Waals surface area (Å²) >= 11 is 0. The smallest absolute Gasteiger partial charge is 0.254 e. The molecule has 0 aromatic rings. The largest absolute Gasteiger partial charge is 0.365 e. The lowest BCUT2D eigenvalue weighted by Crippen LogP contribution is -2.50. The molecule has 0 aromatic carbocycles. The molecule has 4 nitrogen and oxygen atoms in total. The summed E-state index contributed by atoms with van der Waals surface area (Å²) in [5.74, 6) is 0.201. The van der Waals surface area contributed by atoms with Gasteiger partial charge in [0.1, 0.15) is 5.60 Å². The first-order chi connectivity index (χ1) is 9.15. The summed E-state index contributed by atoms with van der Waals surface area (Å²) in [6, 6.07) is 0.478. The van der Waals surface area contributed by atoms with E-state index in [9.17, 15) is 4.79 Å². The monoisotopic (exact) mass is 268 g/mol. The van der Waals surface area contributed by atoms with E-state index in [0.29, 0.717) is 6.04 Å². The summed E-state index contributed by atoms with van der Waals surface area (Å²) in [4.78, 5) is 14.8. The first kappa shape index (κ1) is 14.8. The van der Waals surface area contributed by atoms with Gasteiger partial charge in [-0.15, -0.1) is 0 Å². The second-order valence-electron chi connectivity index (χ2n) is 6.08. The molecule has 1 N–H and O–H groups in total. The number of unbranched alkanes of at least 4 members (excludes halogenated alkanes) is 1. The first-order valence-electron chi connectivity index (χ1n) is 7.82. The highest BCUT2D eigenvalue weighted by molar-refractivity contribution is 5.85. The average Bonchev–Trinajstić information content (AvgIpc) is 3.06. The van der Waals surface area contributed by atoms with Crippen molar-refractivity contribution in [1.29, 1.82) is 0 Å². The summed E-state index contributed by atoms with van der Waals surface area (Å²) in [6.07, 6.45) is 6.49. The molecule has 0 spiro atoms. The molecule has 2 saturated heterocycles. The Morgan fingerprint density at radius 2 is 2.32 bits per heavy atom. The van der Waals surface area contributed by atoms with Gasteiger partial charge in [-0.2, -0.15) is 0 Å². The van der Waals surface area contributed by atoms with Crippen LogP contribution in [0.4, 0.5) is 0 Å². The Labute approximate surface area is 116 Å². The normalized spacial score (nSPS) is 30.7. The quantitative estimate of drug-likeness (QED) is 0.800. The zero-order chi connectivity index (χ0) is 13.7. The zero-order valence-electron chi connectivity index (χ0n) is 12.4. The van der Waals surface area contributed by atoms with Gasteiger partial charge in [0.15, 0.2) is 0 Å². The maximum atomic E-state index is 12.7. The Morgan fingerprint density at radius 1 is 1.47 bits per heavy atom. The molecular formula is C15H28N2O2. The fourth-order valence-corrected chi connectivity index (χ4v) is 3.09. The highest BCUT2D eigenvalue weighted by Crippen LogP contribution is 2.27. The third-order valence-electron chi connectivity index (χ3n) is 4.34. The van der Waals surface area contributed by atoms with Gasteiger partial charge >= 0.3 is 0 Å². The Bertz CT molecular complexity index is 295. The van der Waals surface area contributed by atoms with E-state index in [-0.39, 0.29) is 5.91 Å². The molecule has 0 radical (unpaired) electrons. The van der Waals surface area contributed by atoms with Crippen molar-refractivity contribution >= 4 is 5.91 Å². The summed E-state index contributed by atoms with van der Waals surface area (Å²) in [5.41, 5.74) is -0.563. The van der Waals surface area contributed by atoms with Crippen LogP contribution in [0.1, 0.15) is 52.4 Å². The Balaban J connectivity index is 1.96. The van der Waals surface area contributed by atoms with Gasteiger partial charge in [-0.05, 0) is 45.6 Å². The van der Waals surface area contributed by atoms with Crippen LogP contribution in [0.3, 0.4) is 0 Å². The van der Waals surface area contributed by atoms with Gasteiger partial charge in [-0.3, -0.25) is 4.79 Å². The van der Waals surface area contributed by atoms with Gasteiger partial charge in [0, 0.05) is 25.7 Å². The number of hydrogen-bond acceptors (Lipinski definition) is 3. The van der Waals surface area contributed by atoms with E-state index in [0.717, 1.165) is 51.9 Å². The van der Waals surface area contributed by atoms with Gasteiger partial charge in [-0.1, -0.05) is 13.3 Å². The number of rotatable bonds is 6. The van der Waals surface area contributed by atoms with Crippen molar-refractivity contribution in [2.75, 3.05) is 26.2 Å². The molecule has 2 rings (SSSR count). The van der Waals surface area contributed by atoms with E-state index in [1.807, 2.05) is 11.8 Å². The molecule has 19 heavy (non-hydrogen) atoms. The van der Waals surface area contributed by atoms with Crippen LogP contribution in [-0.2, 0) is 9.53 Å². The molecule has 4 heteroatoms. The third-order valence-corrected chi connectivity index (χ3v) is 4.34. The van der Waals surface area contributed by atoms with Crippen LogP contribution in [0.5, 0.6) is 0 Å². The molecule has 0 bridgehead atoms. The van der Waals surface area contributed by atoms with E-state index in [1.54, 1.807) is 0 Å². The van der Waals surface area contributed by atoms with E-state index in [4.69, 9.17) is 4.74 Å². The number of amides is 1. The van der Waals surface area contributed by atoms with E-state index in [2.05, 4.69) is 12.2 Å². The predicted octanol–water partition coefficient (Wildman–Crippen LogP) is 1.94. The second-order valence-corrected chi connectivity index (χ2v) is 6.08. The van der Waals surface area contributed by atoms with Crippen LogP contribution in [-0.4, -0.2) is 48.7 Å². The Morgan fingerprint density at radius 3 is 2.89 bits per heavy atom. The fraction of sp³-hybridized carbons (Fsp3) is 0.933. The molecule has 2 aliphatic heterocycles. The van der Waals surface area contributed by atoms with Crippen LogP contribution in [0.25, 0.3) is 0 Å². The maximum Gasteiger partial charge on any atom is 0.254 e. The average molecular weight is 268 g/mol. The van der Waals surface area contributed by atoms with Crippen molar-refractivity contribution in [2.24, 2.45) is 0 Å². The van der Waals surface area contributed by atoms with Crippen LogP contribution >= 0.6 is 0 Å². The zero-order valence-corrected chi connectivity index (χ0v) is 12.4. The van der Waals surface area contributed by atoms with Gasteiger partial charge in [0.05, 0.1) is 0 Å². The molecule has 0 aliphatic carbocycles. The highest BCUT2D eigenvalue weighted by Gasteiger charge is 2.40. The summed E-state index contributed by atoms with van der Waals surface area (Å²) in [5, 5.41) is 3.49. The van der Waals surface area contributed by atoms with E-state index >= 15 is 0 Å². The minimum absolute atomic E-state index is 0.201. The minimum atomic E-state index is -0.563. The minimum Gasteiger partial charge on any atom is -0.365 e. The van der Waals surface area contributed by atoms with Gasteiger partial charge < -0.3 is 15.0 Å². The standard InChI is InChI=1S/C15H28N2O2/c1-3-4-10-17(12-13-7-5-9-16-13)14(18)15(2)8-6-11-19-15/h13,16H,3-12H2,1-2H3. The van der Waals surface area contributed by atoms with Crippen molar-refractivity contribution in [3.63, 3.8) is 0 Å². The molecule has 1 amide bonds. The van der Waals surface area contributed by atoms with Crippen molar-refractivity contribution in [3.8, 4) is 0 Å². The molecule has 2 atom stereocenters. The summed E-state index contributed by atoms with van der Waals surface area (Å²) < 4.78 is 5.72. The number of carbonyl (C=O) groups excluding carboxylic acids is 1. The lowest BCUT2D eigenvalue weighted by atomic mass is 10.00. The van der Waals surface area contributed by atoms with Crippen molar-refractivity contribution < 1.29 is 9.53 Å². The van der Waals surface area contributed by atoms with Gasteiger partial charge in [0.2, 0.25) is 0 Å². The summed E-state index contributed by atoms with van der Waals surface area (Å²) in [7, 11) is 0. The lowest BCUT2D eigenvalue weighted by molar-refractivity contribution is -0.151. The first-order valence-corrected chi connectivity index (χ1v) is 7.82.